The van der Waals surface area contributed by atoms with Crippen molar-refractivity contribution in [2.24, 2.45) is 0 Å². The SMILES string of the molecule is O=C(c1ccc(Br)cc1Cl)N1CCN(S(=O)(=O)c2cccc([N+](=O)[O-])c2)CC1. The number of piperazine rings is 1. The third kappa shape index (κ3) is 4.19. The van der Waals surface area contributed by atoms with Crippen LogP contribution in [0.15, 0.2) is 51.8 Å². The topological polar surface area (TPSA) is 101 Å². The molecule has 1 fully saturated rings. The zero-order valence-electron chi connectivity index (χ0n) is 14.4. The smallest absolute Gasteiger partial charge is 0.270 e. The van der Waals surface area contributed by atoms with E-state index in [1.165, 1.54) is 27.4 Å². The van der Waals surface area contributed by atoms with Gasteiger partial charge in [0.1, 0.15) is 0 Å². The number of nitro benzene ring substituents is 1. The fourth-order valence-electron chi connectivity index (χ4n) is 2.87. The average Bonchev–Trinajstić information content (AvgIpc) is 2.67. The van der Waals surface area contributed by atoms with Crippen molar-refractivity contribution in [2.75, 3.05) is 26.2 Å². The second-order valence-electron chi connectivity index (χ2n) is 6.07. The molecule has 0 spiro atoms. The zero-order valence-corrected chi connectivity index (χ0v) is 17.6. The summed E-state index contributed by atoms with van der Waals surface area (Å²) in [7, 11) is -3.89. The first kappa shape index (κ1) is 20.7. The van der Waals surface area contributed by atoms with Gasteiger partial charge in [0, 0.05) is 42.8 Å². The number of carbonyl (C=O) groups excluding carboxylic acids is 1. The van der Waals surface area contributed by atoms with Crippen molar-refractivity contribution in [1.29, 1.82) is 0 Å². The number of non-ortho nitro benzene ring substituents is 1. The Morgan fingerprint density at radius 3 is 2.39 bits per heavy atom. The highest BCUT2D eigenvalue weighted by molar-refractivity contribution is 9.10. The molecule has 28 heavy (non-hydrogen) atoms. The maximum Gasteiger partial charge on any atom is 0.270 e. The second-order valence-corrected chi connectivity index (χ2v) is 9.34. The van der Waals surface area contributed by atoms with Crippen molar-refractivity contribution in [2.45, 2.75) is 4.90 Å². The normalized spacial score (nSPS) is 15.4. The number of benzene rings is 2. The van der Waals surface area contributed by atoms with Crippen LogP contribution in [0.5, 0.6) is 0 Å². The van der Waals surface area contributed by atoms with Gasteiger partial charge in [0.2, 0.25) is 10.0 Å². The maximum absolute atomic E-state index is 12.8. The van der Waals surface area contributed by atoms with Crippen LogP contribution in [0.25, 0.3) is 0 Å². The highest BCUT2D eigenvalue weighted by atomic mass is 79.9. The molecular weight excluding hydrogens is 474 g/mol. The van der Waals surface area contributed by atoms with E-state index in [-0.39, 0.29) is 42.7 Å². The van der Waals surface area contributed by atoms with Gasteiger partial charge in [0.15, 0.2) is 0 Å². The molecule has 1 heterocycles. The molecule has 0 radical (unpaired) electrons. The Kier molecular flexibility index (Phi) is 6.04. The van der Waals surface area contributed by atoms with Gasteiger partial charge in [-0.1, -0.05) is 33.6 Å². The van der Waals surface area contributed by atoms with Crippen molar-refractivity contribution >= 4 is 49.1 Å². The number of hydrogen-bond acceptors (Lipinski definition) is 5. The highest BCUT2D eigenvalue weighted by Crippen LogP contribution is 2.25. The molecule has 1 aliphatic heterocycles. The standard InChI is InChI=1S/C17H15BrClN3O5S/c18-12-4-5-15(16(19)10-12)17(23)20-6-8-21(9-7-20)28(26,27)14-3-1-2-13(11-14)22(24)25/h1-5,10-11H,6-9H2. The Bertz CT molecular complexity index is 1040. The number of halogens is 2. The lowest BCUT2D eigenvalue weighted by Crippen LogP contribution is -2.50. The fourth-order valence-corrected chi connectivity index (χ4v) is 5.09. The van der Waals surface area contributed by atoms with Crippen molar-refractivity contribution in [1.82, 2.24) is 9.21 Å². The van der Waals surface area contributed by atoms with Crippen LogP contribution in [0.1, 0.15) is 10.4 Å². The number of amides is 1. The van der Waals surface area contributed by atoms with Gasteiger partial charge in [-0.15, -0.1) is 0 Å². The molecule has 1 amide bonds. The molecule has 1 saturated heterocycles. The van der Waals surface area contributed by atoms with Crippen LogP contribution < -0.4 is 0 Å². The van der Waals surface area contributed by atoms with Gasteiger partial charge >= 0.3 is 0 Å². The lowest BCUT2D eigenvalue weighted by Gasteiger charge is -2.34. The first-order valence-corrected chi connectivity index (χ1v) is 10.8. The van der Waals surface area contributed by atoms with Crippen molar-refractivity contribution in [3.05, 3.63) is 67.6 Å². The third-order valence-electron chi connectivity index (χ3n) is 4.35. The van der Waals surface area contributed by atoms with E-state index in [0.29, 0.717) is 10.6 Å². The van der Waals surface area contributed by atoms with Crippen LogP contribution in [0.2, 0.25) is 5.02 Å². The molecule has 1 aliphatic rings. The van der Waals surface area contributed by atoms with Crippen molar-refractivity contribution in [3.63, 3.8) is 0 Å². The molecule has 0 aliphatic carbocycles. The van der Waals surface area contributed by atoms with Crippen molar-refractivity contribution in [3.8, 4) is 0 Å². The molecule has 148 valence electrons. The first-order chi connectivity index (χ1) is 13.2. The molecule has 8 nitrogen and oxygen atoms in total. The zero-order chi connectivity index (χ0) is 20.5. The van der Waals surface area contributed by atoms with E-state index in [9.17, 15) is 23.3 Å². The van der Waals surface area contributed by atoms with Crippen molar-refractivity contribution < 1.29 is 18.1 Å². The summed E-state index contributed by atoms with van der Waals surface area (Å²) in [6, 6.07) is 9.87. The molecular formula is C17H15BrClN3O5S. The van der Waals surface area contributed by atoms with E-state index in [0.717, 1.165) is 10.5 Å². The molecule has 0 N–H and O–H groups in total. The monoisotopic (exact) mass is 487 g/mol. The summed E-state index contributed by atoms with van der Waals surface area (Å²) in [5.74, 6) is -0.273. The Labute approximate surface area is 175 Å². The lowest BCUT2D eigenvalue weighted by molar-refractivity contribution is -0.385. The second kappa shape index (κ2) is 8.16. The number of nitro groups is 1. The molecule has 11 heteroatoms. The minimum Gasteiger partial charge on any atom is -0.336 e. The summed E-state index contributed by atoms with van der Waals surface area (Å²) in [6.45, 7) is 0.564. The quantitative estimate of drug-likeness (QED) is 0.486. The van der Waals surface area contributed by atoms with Gasteiger partial charge in [-0.05, 0) is 24.3 Å². The Morgan fingerprint density at radius 1 is 1.11 bits per heavy atom. The van der Waals surface area contributed by atoms with Crippen LogP contribution in [0.3, 0.4) is 0 Å². The predicted molar refractivity (Wildman–Crippen MR) is 107 cm³/mol. The van der Waals surface area contributed by atoms with Gasteiger partial charge in [-0.25, -0.2) is 8.42 Å². The van der Waals surface area contributed by atoms with Gasteiger partial charge in [0.05, 0.1) is 20.4 Å². The highest BCUT2D eigenvalue weighted by Gasteiger charge is 2.31. The molecule has 0 unspecified atom stereocenters. The Balaban J connectivity index is 1.73. The summed E-state index contributed by atoms with van der Waals surface area (Å²) >= 11 is 9.41. The number of nitrogens with zero attached hydrogens (tertiary/aromatic N) is 3. The molecule has 3 rings (SSSR count). The summed E-state index contributed by atoms with van der Waals surface area (Å²) in [5, 5.41) is 11.2. The first-order valence-electron chi connectivity index (χ1n) is 8.19. The van der Waals surface area contributed by atoms with Gasteiger partial charge < -0.3 is 4.90 Å². The van der Waals surface area contributed by atoms with Gasteiger partial charge in [-0.3, -0.25) is 14.9 Å². The number of sulfonamides is 1. The predicted octanol–water partition coefficient (Wildman–Crippen LogP) is 3.16. The molecule has 0 atom stereocenters. The Hall–Kier alpha value is -2.01. The van der Waals surface area contributed by atoms with Crippen LogP contribution in [-0.2, 0) is 10.0 Å². The number of rotatable bonds is 4. The number of hydrogen-bond donors (Lipinski definition) is 0. The number of carbonyl (C=O) groups is 1. The summed E-state index contributed by atoms with van der Waals surface area (Å²) in [5.41, 5.74) is 0.0552. The maximum atomic E-state index is 12.8. The minimum atomic E-state index is -3.89. The summed E-state index contributed by atoms with van der Waals surface area (Å²) in [4.78, 5) is 24.3. The largest absolute Gasteiger partial charge is 0.336 e. The Morgan fingerprint density at radius 2 is 1.79 bits per heavy atom. The van der Waals surface area contributed by atoms with E-state index in [1.807, 2.05) is 0 Å². The van der Waals surface area contributed by atoms with E-state index >= 15 is 0 Å². The van der Waals surface area contributed by atoms with E-state index in [2.05, 4.69) is 15.9 Å². The lowest BCUT2D eigenvalue weighted by atomic mass is 10.2. The molecule has 2 aromatic carbocycles. The van der Waals surface area contributed by atoms with Gasteiger partial charge in [0.25, 0.3) is 11.6 Å². The third-order valence-corrected chi connectivity index (χ3v) is 7.05. The molecule has 0 aromatic heterocycles. The van der Waals surface area contributed by atoms with E-state index in [4.69, 9.17) is 11.6 Å². The minimum absolute atomic E-state index is 0.0882. The molecule has 0 saturated carbocycles. The summed E-state index contributed by atoms with van der Waals surface area (Å²) in [6.07, 6.45) is 0. The average molecular weight is 489 g/mol. The van der Waals surface area contributed by atoms with E-state index < -0.39 is 14.9 Å². The van der Waals surface area contributed by atoms with Gasteiger partial charge in [-0.2, -0.15) is 4.31 Å². The molecule has 2 aromatic rings. The summed E-state index contributed by atoms with van der Waals surface area (Å²) < 4.78 is 27.5. The fraction of sp³-hybridized carbons (Fsp3) is 0.235. The van der Waals surface area contributed by atoms with Crippen LogP contribution in [-0.4, -0.2) is 54.6 Å². The molecule has 0 bridgehead atoms. The van der Waals surface area contributed by atoms with Crippen LogP contribution in [0.4, 0.5) is 5.69 Å². The van der Waals surface area contributed by atoms with E-state index in [1.54, 1.807) is 18.2 Å². The van der Waals surface area contributed by atoms with Crippen LogP contribution in [0, 0.1) is 10.1 Å². The van der Waals surface area contributed by atoms with Crippen LogP contribution >= 0.6 is 27.5 Å².